The monoisotopic (exact) mass is 309 g/mol. The Balaban J connectivity index is 1.89. The van der Waals surface area contributed by atoms with Gasteiger partial charge in [-0.3, -0.25) is 9.69 Å². The third kappa shape index (κ3) is 4.69. The summed E-state index contributed by atoms with van der Waals surface area (Å²) in [5, 5.41) is 0. The van der Waals surface area contributed by atoms with E-state index in [0.29, 0.717) is 17.7 Å². The molecule has 0 aromatic carbocycles. The van der Waals surface area contributed by atoms with Crippen molar-refractivity contribution in [3.63, 3.8) is 0 Å². The van der Waals surface area contributed by atoms with Gasteiger partial charge in [0, 0.05) is 32.7 Å². The van der Waals surface area contributed by atoms with E-state index in [1.807, 2.05) is 0 Å². The van der Waals surface area contributed by atoms with Gasteiger partial charge in [-0.25, -0.2) is 0 Å². The molecule has 3 atom stereocenters. The summed E-state index contributed by atoms with van der Waals surface area (Å²) in [5.41, 5.74) is 0. The summed E-state index contributed by atoms with van der Waals surface area (Å²) in [7, 11) is 0. The maximum absolute atomic E-state index is 12.9. The minimum Gasteiger partial charge on any atom is -0.341 e. The van der Waals surface area contributed by atoms with Crippen molar-refractivity contribution in [2.75, 3.05) is 45.8 Å². The second-order valence-corrected chi connectivity index (χ2v) is 7.60. The average molecular weight is 309 g/mol. The molecule has 2 fully saturated rings. The maximum Gasteiger partial charge on any atom is 0.239 e. The van der Waals surface area contributed by atoms with Crippen LogP contribution in [0, 0.1) is 11.8 Å². The lowest BCUT2D eigenvalue weighted by atomic mass is 9.91. The number of amides is 1. The summed E-state index contributed by atoms with van der Waals surface area (Å²) in [5.74, 6) is 1.63. The lowest BCUT2D eigenvalue weighted by molar-refractivity contribution is -0.139. The van der Waals surface area contributed by atoms with Gasteiger partial charge in [0.15, 0.2) is 0 Å². The van der Waals surface area contributed by atoms with Crippen LogP contribution in [0.25, 0.3) is 0 Å². The first-order valence-electron chi connectivity index (χ1n) is 9.26. The molecule has 0 aromatic rings. The summed E-state index contributed by atoms with van der Waals surface area (Å²) in [4.78, 5) is 20.0. The van der Waals surface area contributed by atoms with Crippen molar-refractivity contribution >= 4 is 5.91 Å². The Morgan fingerprint density at radius 2 is 1.77 bits per heavy atom. The predicted molar refractivity (Wildman–Crippen MR) is 91.9 cm³/mol. The first-order chi connectivity index (χ1) is 10.5. The Labute approximate surface area is 136 Å². The summed E-state index contributed by atoms with van der Waals surface area (Å²) >= 11 is 0. The zero-order chi connectivity index (χ0) is 16.1. The molecule has 0 saturated carbocycles. The van der Waals surface area contributed by atoms with E-state index >= 15 is 0 Å². The third-order valence-electron chi connectivity index (χ3n) is 5.25. The molecule has 0 aliphatic carbocycles. The molecule has 0 bridgehead atoms. The van der Waals surface area contributed by atoms with Crippen LogP contribution in [-0.2, 0) is 4.79 Å². The molecule has 2 rings (SSSR count). The number of carbonyl (C=O) groups excluding carboxylic acids is 1. The third-order valence-corrected chi connectivity index (χ3v) is 5.25. The van der Waals surface area contributed by atoms with Gasteiger partial charge < -0.3 is 9.80 Å². The molecule has 0 spiro atoms. The topological polar surface area (TPSA) is 26.8 Å². The van der Waals surface area contributed by atoms with E-state index in [0.717, 1.165) is 32.7 Å². The maximum atomic E-state index is 12.9. The van der Waals surface area contributed by atoms with E-state index in [4.69, 9.17) is 0 Å². The van der Waals surface area contributed by atoms with Crippen molar-refractivity contribution in [3.05, 3.63) is 0 Å². The van der Waals surface area contributed by atoms with E-state index in [1.54, 1.807) is 0 Å². The van der Waals surface area contributed by atoms with E-state index in [9.17, 15) is 4.79 Å². The number of piperidine rings is 1. The molecule has 0 aromatic heterocycles. The molecular formula is C18H35N3O. The summed E-state index contributed by atoms with van der Waals surface area (Å²) in [6.07, 6.45) is 3.66. The number of carbonyl (C=O) groups is 1. The number of hydrogen-bond donors (Lipinski definition) is 0. The molecule has 2 heterocycles. The molecule has 2 saturated heterocycles. The molecule has 22 heavy (non-hydrogen) atoms. The van der Waals surface area contributed by atoms with Gasteiger partial charge in [0.1, 0.15) is 0 Å². The Hall–Kier alpha value is -0.610. The normalized spacial score (nSPS) is 30.1. The van der Waals surface area contributed by atoms with Crippen LogP contribution in [-0.4, -0.2) is 72.5 Å². The quantitative estimate of drug-likeness (QED) is 0.797. The van der Waals surface area contributed by atoms with E-state index in [-0.39, 0.29) is 6.04 Å². The Morgan fingerprint density at radius 3 is 2.41 bits per heavy atom. The molecule has 0 unspecified atom stereocenters. The van der Waals surface area contributed by atoms with Gasteiger partial charge in [0.2, 0.25) is 5.91 Å². The van der Waals surface area contributed by atoms with Crippen molar-refractivity contribution in [1.29, 1.82) is 0 Å². The zero-order valence-electron chi connectivity index (χ0n) is 15.1. The van der Waals surface area contributed by atoms with Gasteiger partial charge in [-0.2, -0.15) is 0 Å². The number of rotatable bonds is 4. The van der Waals surface area contributed by atoms with Crippen LogP contribution in [0.15, 0.2) is 0 Å². The fraction of sp³-hybridized carbons (Fsp3) is 0.944. The second-order valence-electron chi connectivity index (χ2n) is 7.60. The van der Waals surface area contributed by atoms with Crippen molar-refractivity contribution < 1.29 is 4.79 Å². The van der Waals surface area contributed by atoms with Crippen LogP contribution in [0.1, 0.15) is 47.0 Å². The lowest BCUT2D eigenvalue weighted by Gasteiger charge is -2.38. The van der Waals surface area contributed by atoms with Gasteiger partial charge in [-0.05, 0) is 51.1 Å². The van der Waals surface area contributed by atoms with Crippen LogP contribution < -0.4 is 0 Å². The van der Waals surface area contributed by atoms with E-state index in [1.165, 1.54) is 32.4 Å². The van der Waals surface area contributed by atoms with Gasteiger partial charge in [-0.15, -0.1) is 0 Å². The van der Waals surface area contributed by atoms with E-state index in [2.05, 4.69) is 42.4 Å². The molecule has 0 radical (unpaired) electrons. The zero-order valence-corrected chi connectivity index (χ0v) is 15.1. The lowest BCUT2D eigenvalue weighted by Crippen LogP contribution is -2.52. The highest BCUT2D eigenvalue weighted by molar-refractivity contribution is 5.81. The standard InChI is InChI=1S/C18H35N3O/c1-5-7-19-8-6-9-20(11-10-19)17(4)18(22)21-13-15(2)12-16(3)14-21/h15-17H,5-14H2,1-4H3/t15-,16-,17-/m1/s1. The van der Waals surface area contributed by atoms with E-state index < -0.39 is 0 Å². The summed E-state index contributed by atoms with van der Waals surface area (Å²) in [6.45, 7) is 16.4. The SMILES string of the molecule is CCCN1CCCN([C@H](C)C(=O)N2C[C@H](C)C[C@@H](C)C2)CC1. The minimum absolute atomic E-state index is 0.0408. The fourth-order valence-electron chi connectivity index (χ4n) is 4.18. The number of likely N-dealkylation sites (tertiary alicyclic amines) is 1. The molecule has 128 valence electrons. The highest BCUT2D eigenvalue weighted by atomic mass is 16.2. The summed E-state index contributed by atoms with van der Waals surface area (Å²) < 4.78 is 0. The van der Waals surface area contributed by atoms with Crippen LogP contribution >= 0.6 is 0 Å². The molecular weight excluding hydrogens is 274 g/mol. The highest BCUT2D eigenvalue weighted by Gasteiger charge is 2.31. The first kappa shape index (κ1) is 17.7. The van der Waals surface area contributed by atoms with Crippen LogP contribution in [0.2, 0.25) is 0 Å². The van der Waals surface area contributed by atoms with Gasteiger partial charge in [0.05, 0.1) is 6.04 Å². The fourth-order valence-corrected chi connectivity index (χ4v) is 4.18. The predicted octanol–water partition coefficient (Wildman–Crippen LogP) is 2.30. The van der Waals surface area contributed by atoms with Crippen molar-refractivity contribution in [2.45, 2.75) is 53.0 Å². The van der Waals surface area contributed by atoms with Crippen LogP contribution in [0.3, 0.4) is 0 Å². The molecule has 4 nitrogen and oxygen atoms in total. The van der Waals surface area contributed by atoms with Gasteiger partial charge in [-0.1, -0.05) is 20.8 Å². The summed E-state index contributed by atoms with van der Waals surface area (Å²) in [6, 6.07) is 0.0408. The molecule has 2 aliphatic rings. The Bertz CT molecular complexity index is 350. The molecule has 1 amide bonds. The highest BCUT2D eigenvalue weighted by Crippen LogP contribution is 2.22. The van der Waals surface area contributed by atoms with Crippen molar-refractivity contribution in [3.8, 4) is 0 Å². The smallest absolute Gasteiger partial charge is 0.239 e. The molecule has 2 aliphatic heterocycles. The molecule has 0 N–H and O–H groups in total. The number of nitrogens with zero attached hydrogens (tertiary/aromatic N) is 3. The van der Waals surface area contributed by atoms with Crippen LogP contribution in [0.5, 0.6) is 0 Å². The van der Waals surface area contributed by atoms with Crippen molar-refractivity contribution in [2.24, 2.45) is 11.8 Å². The average Bonchev–Trinajstić information content (AvgIpc) is 2.71. The van der Waals surface area contributed by atoms with Crippen LogP contribution in [0.4, 0.5) is 0 Å². The Kier molecular flexibility index (Phi) is 6.69. The first-order valence-corrected chi connectivity index (χ1v) is 9.26. The van der Waals surface area contributed by atoms with Gasteiger partial charge in [0.25, 0.3) is 0 Å². The largest absolute Gasteiger partial charge is 0.341 e. The Morgan fingerprint density at radius 1 is 1.09 bits per heavy atom. The van der Waals surface area contributed by atoms with Crippen molar-refractivity contribution in [1.82, 2.24) is 14.7 Å². The number of hydrogen-bond acceptors (Lipinski definition) is 3. The minimum atomic E-state index is 0.0408. The van der Waals surface area contributed by atoms with Gasteiger partial charge >= 0.3 is 0 Å². The second kappa shape index (κ2) is 8.30. The molecule has 4 heteroatoms.